The topological polar surface area (TPSA) is 41.1 Å². The Morgan fingerprint density at radius 2 is 2.00 bits per heavy atom. The van der Waals surface area contributed by atoms with Crippen molar-refractivity contribution in [2.75, 3.05) is 6.54 Å². The van der Waals surface area contributed by atoms with E-state index in [9.17, 15) is 4.79 Å². The van der Waals surface area contributed by atoms with Crippen molar-refractivity contribution in [1.29, 1.82) is 0 Å². The summed E-state index contributed by atoms with van der Waals surface area (Å²) in [6, 6.07) is 0.992. The molecule has 2 atom stereocenters. The van der Waals surface area contributed by atoms with E-state index in [1.807, 2.05) is 0 Å². The quantitative estimate of drug-likeness (QED) is 0.763. The van der Waals surface area contributed by atoms with Crippen LogP contribution in [0.2, 0.25) is 0 Å². The minimum atomic E-state index is 0.166. The van der Waals surface area contributed by atoms with Gasteiger partial charge in [-0.3, -0.25) is 4.79 Å². The number of rotatable bonds is 4. The number of carbonyl (C=O) groups is 1. The summed E-state index contributed by atoms with van der Waals surface area (Å²) in [5.41, 5.74) is 0.435. The molecule has 0 saturated heterocycles. The SMILES string of the molecule is CC1CC(C)(C)CC1NCC(=O)NC1CC1. The summed E-state index contributed by atoms with van der Waals surface area (Å²) >= 11 is 0. The fourth-order valence-electron chi connectivity index (χ4n) is 2.90. The fourth-order valence-corrected chi connectivity index (χ4v) is 2.90. The number of carbonyl (C=O) groups excluding carboxylic acids is 1. The van der Waals surface area contributed by atoms with Crippen LogP contribution in [-0.2, 0) is 4.79 Å². The third-order valence-electron chi connectivity index (χ3n) is 3.80. The summed E-state index contributed by atoms with van der Waals surface area (Å²) in [5, 5.41) is 6.42. The van der Waals surface area contributed by atoms with E-state index >= 15 is 0 Å². The van der Waals surface area contributed by atoms with Gasteiger partial charge < -0.3 is 10.6 Å². The highest BCUT2D eigenvalue weighted by molar-refractivity contribution is 5.78. The summed E-state index contributed by atoms with van der Waals surface area (Å²) in [4.78, 5) is 11.5. The number of hydrogen-bond acceptors (Lipinski definition) is 2. The first-order valence-electron chi connectivity index (χ1n) is 6.49. The average Bonchev–Trinajstić information content (AvgIpc) is 2.90. The molecule has 2 N–H and O–H groups in total. The Bertz CT molecular complexity index is 271. The minimum absolute atomic E-state index is 0.166. The molecule has 0 bridgehead atoms. The zero-order valence-electron chi connectivity index (χ0n) is 10.7. The van der Waals surface area contributed by atoms with E-state index in [4.69, 9.17) is 0 Å². The molecule has 0 aromatic heterocycles. The molecule has 3 heteroatoms. The minimum Gasteiger partial charge on any atom is -0.352 e. The first-order valence-corrected chi connectivity index (χ1v) is 6.49. The van der Waals surface area contributed by atoms with Crippen LogP contribution in [0.3, 0.4) is 0 Å². The molecule has 0 radical (unpaired) electrons. The van der Waals surface area contributed by atoms with Gasteiger partial charge in [-0.1, -0.05) is 20.8 Å². The highest BCUT2D eigenvalue weighted by Crippen LogP contribution is 2.40. The molecule has 92 valence electrons. The third-order valence-corrected chi connectivity index (χ3v) is 3.80. The molecular formula is C13H24N2O. The van der Waals surface area contributed by atoms with Crippen molar-refractivity contribution in [3.8, 4) is 0 Å². The van der Waals surface area contributed by atoms with Gasteiger partial charge in [0.25, 0.3) is 0 Å². The maximum atomic E-state index is 11.5. The van der Waals surface area contributed by atoms with Crippen LogP contribution in [0.25, 0.3) is 0 Å². The van der Waals surface area contributed by atoms with E-state index in [1.165, 1.54) is 25.7 Å². The van der Waals surface area contributed by atoms with Crippen molar-refractivity contribution < 1.29 is 4.79 Å². The van der Waals surface area contributed by atoms with Crippen LogP contribution >= 0.6 is 0 Å². The molecule has 2 aliphatic carbocycles. The Balaban J connectivity index is 1.71. The van der Waals surface area contributed by atoms with E-state index in [0.29, 0.717) is 30.0 Å². The van der Waals surface area contributed by atoms with Gasteiger partial charge in [0.2, 0.25) is 5.91 Å². The second kappa shape index (κ2) is 4.36. The molecule has 2 unspecified atom stereocenters. The standard InChI is InChI=1S/C13H24N2O/c1-9-6-13(2,3)7-11(9)14-8-12(16)15-10-4-5-10/h9-11,14H,4-8H2,1-3H3,(H,15,16). The molecular weight excluding hydrogens is 200 g/mol. The Hall–Kier alpha value is -0.570. The zero-order valence-corrected chi connectivity index (χ0v) is 10.7. The van der Waals surface area contributed by atoms with Crippen molar-refractivity contribution in [3.05, 3.63) is 0 Å². The molecule has 0 heterocycles. The molecule has 16 heavy (non-hydrogen) atoms. The van der Waals surface area contributed by atoms with Crippen molar-refractivity contribution in [2.24, 2.45) is 11.3 Å². The summed E-state index contributed by atoms with van der Waals surface area (Å²) < 4.78 is 0. The van der Waals surface area contributed by atoms with Crippen LogP contribution in [0.5, 0.6) is 0 Å². The van der Waals surface area contributed by atoms with Gasteiger partial charge in [-0.2, -0.15) is 0 Å². The smallest absolute Gasteiger partial charge is 0.234 e. The van der Waals surface area contributed by atoms with Crippen LogP contribution in [-0.4, -0.2) is 24.5 Å². The highest BCUT2D eigenvalue weighted by Gasteiger charge is 2.36. The molecule has 2 rings (SSSR count). The van der Waals surface area contributed by atoms with Crippen LogP contribution in [0, 0.1) is 11.3 Å². The molecule has 0 aromatic carbocycles. The predicted octanol–water partition coefficient (Wildman–Crippen LogP) is 1.68. The molecule has 0 spiro atoms. The van der Waals surface area contributed by atoms with E-state index in [1.54, 1.807) is 0 Å². The van der Waals surface area contributed by atoms with Gasteiger partial charge in [0.15, 0.2) is 0 Å². The van der Waals surface area contributed by atoms with Gasteiger partial charge in [0.05, 0.1) is 6.54 Å². The fraction of sp³-hybridized carbons (Fsp3) is 0.923. The van der Waals surface area contributed by atoms with Crippen LogP contribution < -0.4 is 10.6 Å². The lowest BCUT2D eigenvalue weighted by Crippen LogP contribution is -2.41. The lowest BCUT2D eigenvalue weighted by atomic mass is 9.91. The third kappa shape index (κ3) is 3.21. The van der Waals surface area contributed by atoms with Gasteiger partial charge in [0.1, 0.15) is 0 Å². The van der Waals surface area contributed by atoms with Crippen molar-refractivity contribution in [3.63, 3.8) is 0 Å². The van der Waals surface area contributed by atoms with E-state index in [2.05, 4.69) is 31.4 Å². The van der Waals surface area contributed by atoms with Gasteiger partial charge in [-0.05, 0) is 37.0 Å². The monoisotopic (exact) mass is 224 g/mol. The Morgan fingerprint density at radius 3 is 2.50 bits per heavy atom. The van der Waals surface area contributed by atoms with E-state index < -0.39 is 0 Å². The van der Waals surface area contributed by atoms with Gasteiger partial charge in [-0.25, -0.2) is 0 Å². The van der Waals surface area contributed by atoms with Gasteiger partial charge in [-0.15, -0.1) is 0 Å². The van der Waals surface area contributed by atoms with Crippen LogP contribution in [0.4, 0.5) is 0 Å². The first-order chi connectivity index (χ1) is 7.46. The van der Waals surface area contributed by atoms with Crippen molar-refractivity contribution >= 4 is 5.91 Å². The van der Waals surface area contributed by atoms with Gasteiger partial charge >= 0.3 is 0 Å². The van der Waals surface area contributed by atoms with Crippen molar-refractivity contribution in [1.82, 2.24) is 10.6 Å². The molecule has 0 aliphatic heterocycles. The Kier molecular flexibility index (Phi) is 3.24. The number of nitrogens with one attached hydrogen (secondary N) is 2. The van der Waals surface area contributed by atoms with Gasteiger partial charge in [0, 0.05) is 12.1 Å². The predicted molar refractivity (Wildman–Crippen MR) is 65.1 cm³/mol. The normalized spacial score (nSPS) is 32.7. The molecule has 2 aliphatic rings. The second-order valence-electron chi connectivity index (χ2n) is 6.38. The van der Waals surface area contributed by atoms with E-state index in [0.717, 1.165) is 0 Å². The number of amides is 1. The summed E-state index contributed by atoms with van der Waals surface area (Å²) in [5.74, 6) is 0.850. The highest BCUT2D eigenvalue weighted by atomic mass is 16.2. The van der Waals surface area contributed by atoms with Crippen LogP contribution in [0.15, 0.2) is 0 Å². The molecule has 0 aromatic rings. The zero-order chi connectivity index (χ0) is 11.8. The molecule has 1 amide bonds. The Morgan fingerprint density at radius 1 is 1.31 bits per heavy atom. The summed E-state index contributed by atoms with van der Waals surface area (Å²) in [7, 11) is 0. The van der Waals surface area contributed by atoms with Crippen LogP contribution in [0.1, 0.15) is 46.5 Å². The lowest BCUT2D eigenvalue weighted by molar-refractivity contribution is -0.120. The lowest BCUT2D eigenvalue weighted by Gasteiger charge is -2.18. The molecule has 2 saturated carbocycles. The summed E-state index contributed by atoms with van der Waals surface area (Å²) in [6.07, 6.45) is 4.77. The molecule has 3 nitrogen and oxygen atoms in total. The molecule has 2 fully saturated rings. The van der Waals surface area contributed by atoms with E-state index in [-0.39, 0.29) is 5.91 Å². The average molecular weight is 224 g/mol. The first kappa shape index (κ1) is 11.9. The number of hydrogen-bond donors (Lipinski definition) is 2. The largest absolute Gasteiger partial charge is 0.352 e. The Labute approximate surface area is 98.4 Å². The maximum Gasteiger partial charge on any atom is 0.234 e. The van der Waals surface area contributed by atoms with Crippen molar-refractivity contribution in [2.45, 2.75) is 58.5 Å². The summed E-state index contributed by atoms with van der Waals surface area (Å²) in [6.45, 7) is 7.40. The second-order valence-corrected chi connectivity index (χ2v) is 6.38. The maximum absolute atomic E-state index is 11.5.